The number of quaternary nitrogens is 1. The summed E-state index contributed by atoms with van der Waals surface area (Å²) in [5, 5.41) is 8.01. The number of benzene rings is 2. The lowest BCUT2D eigenvalue weighted by molar-refractivity contribution is -0.749. The van der Waals surface area contributed by atoms with Crippen molar-refractivity contribution < 1.29 is 18.6 Å². The number of nitrogens with one attached hydrogen (secondary N) is 3. The van der Waals surface area contributed by atoms with E-state index in [0.717, 1.165) is 18.5 Å². The predicted molar refractivity (Wildman–Crippen MR) is 123 cm³/mol. The summed E-state index contributed by atoms with van der Waals surface area (Å²) in [6, 6.07) is 11.6. The Balaban J connectivity index is 1.24. The lowest BCUT2D eigenvalue weighted by atomic mass is 10.2. The Hall–Kier alpha value is -4.15. The number of rotatable bonds is 5. The largest absolute Gasteiger partial charge is 0.333 e. The van der Waals surface area contributed by atoms with E-state index in [1.54, 1.807) is 48.9 Å². The van der Waals surface area contributed by atoms with Crippen LogP contribution in [0.25, 0.3) is 0 Å². The number of carbonyl (C=O) groups is 2. The molecule has 3 amide bonds. The summed E-state index contributed by atoms with van der Waals surface area (Å²) < 4.78 is 12.9. The lowest BCUT2D eigenvalue weighted by Crippen LogP contribution is -2.56. The lowest BCUT2D eigenvalue weighted by Gasteiger charge is -2.25. The second-order valence-electron chi connectivity index (χ2n) is 7.95. The van der Waals surface area contributed by atoms with Gasteiger partial charge in [0, 0.05) is 23.0 Å². The quantitative estimate of drug-likeness (QED) is 0.414. The first kappa shape index (κ1) is 20.7. The molecular weight excluding hydrogens is 425 g/mol. The molecule has 5 N–H and O–H groups in total. The second-order valence-corrected chi connectivity index (χ2v) is 7.95. The fraction of sp³-hybridized carbons (Fsp3) is 0.130. The van der Waals surface area contributed by atoms with Crippen molar-refractivity contribution in [3.05, 3.63) is 78.1 Å². The number of aliphatic imine (C=N–C) groups is 2. The highest BCUT2D eigenvalue weighted by molar-refractivity contribution is 6.40. The van der Waals surface area contributed by atoms with E-state index >= 15 is 0 Å². The molecule has 5 rings (SSSR count). The van der Waals surface area contributed by atoms with Gasteiger partial charge in [0.1, 0.15) is 17.7 Å². The van der Waals surface area contributed by atoms with Gasteiger partial charge in [-0.25, -0.2) is 9.18 Å². The highest BCUT2D eigenvalue weighted by Gasteiger charge is 2.50. The molecule has 9 nitrogen and oxygen atoms in total. The molecule has 2 aromatic rings. The fourth-order valence-corrected chi connectivity index (χ4v) is 3.69. The molecule has 0 radical (unpaired) electrons. The summed E-state index contributed by atoms with van der Waals surface area (Å²) in [6.45, 7) is 0. The van der Waals surface area contributed by atoms with Crippen LogP contribution in [-0.4, -0.2) is 28.6 Å². The highest BCUT2D eigenvalue weighted by Crippen LogP contribution is 2.43. The van der Waals surface area contributed by atoms with Gasteiger partial charge < -0.3 is 16.0 Å². The van der Waals surface area contributed by atoms with Gasteiger partial charge in [0.2, 0.25) is 5.70 Å². The molecule has 10 heteroatoms. The number of fused-ring (bicyclic) bond motifs is 1. The van der Waals surface area contributed by atoms with Gasteiger partial charge >= 0.3 is 17.8 Å². The SMILES string of the molecule is N[N+]12C=CN=CC1=C(C1CC1)N=C2C(=O)Nc1ccc(NC(=O)Nc2cccc(F)c2)cc1. The van der Waals surface area contributed by atoms with Crippen molar-refractivity contribution in [2.75, 3.05) is 16.0 Å². The van der Waals surface area contributed by atoms with Crippen LogP contribution >= 0.6 is 0 Å². The van der Waals surface area contributed by atoms with Crippen molar-refractivity contribution in [1.82, 2.24) is 0 Å². The first-order valence-corrected chi connectivity index (χ1v) is 10.4. The van der Waals surface area contributed by atoms with E-state index in [-0.39, 0.29) is 10.4 Å². The Kier molecular flexibility index (Phi) is 5.08. The zero-order valence-corrected chi connectivity index (χ0v) is 17.5. The number of allylic oxidation sites excluding steroid dienone is 2. The molecule has 166 valence electrons. The molecule has 1 unspecified atom stereocenters. The summed E-state index contributed by atoms with van der Waals surface area (Å²) in [5.74, 6) is 6.12. The average molecular weight is 446 g/mol. The minimum absolute atomic E-state index is 0.172. The van der Waals surface area contributed by atoms with Crippen molar-refractivity contribution in [2.24, 2.45) is 21.7 Å². The number of halogens is 1. The van der Waals surface area contributed by atoms with Crippen molar-refractivity contribution in [1.29, 1.82) is 0 Å². The molecule has 0 aromatic heterocycles. The van der Waals surface area contributed by atoms with Crippen LogP contribution in [0.4, 0.5) is 26.2 Å². The van der Waals surface area contributed by atoms with E-state index in [1.165, 1.54) is 18.2 Å². The molecule has 0 spiro atoms. The molecule has 2 aromatic carbocycles. The molecule has 2 heterocycles. The van der Waals surface area contributed by atoms with Crippen LogP contribution in [-0.2, 0) is 4.79 Å². The van der Waals surface area contributed by atoms with Gasteiger partial charge in [-0.05, 0) is 55.3 Å². The monoisotopic (exact) mass is 446 g/mol. The first-order valence-electron chi connectivity index (χ1n) is 10.4. The van der Waals surface area contributed by atoms with E-state index in [4.69, 9.17) is 5.84 Å². The minimum atomic E-state index is -0.517. The molecule has 1 aliphatic carbocycles. The number of anilines is 3. The number of carbonyl (C=O) groups excluding carboxylic acids is 2. The van der Waals surface area contributed by atoms with Crippen LogP contribution in [0.1, 0.15) is 12.8 Å². The van der Waals surface area contributed by atoms with Crippen LogP contribution < -0.4 is 21.8 Å². The van der Waals surface area contributed by atoms with Gasteiger partial charge in [0.25, 0.3) is 0 Å². The van der Waals surface area contributed by atoms with Crippen LogP contribution in [0.3, 0.4) is 0 Å². The molecule has 3 aliphatic rings. The van der Waals surface area contributed by atoms with Gasteiger partial charge in [-0.2, -0.15) is 10.8 Å². The second kappa shape index (κ2) is 8.08. The first-order chi connectivity index (χ1) is 15.9. The molecule has 2 aliphatic heterocycles. The number of hydrogen-bond donors (Lipinski definition) is 4. The number of nitrogens with two attached hydrogens (primary N) is 1. The van der Waals surface area contributed by atoms with Crippen molar-refractivity contribution in [2.45, 2.75) is 12.8 Å². The molecule has 1 atom stereocenters. The average Bonchev–Trinajstić information content (AvgIpc) is 3.57. The van der Waals surface area contributed by atoms with E-state index in [0.29, 0.717) is 28.7 Å². The highest BCUT2D eigenvalue weighted by atomic mass is 19.1. The Morgan fingerprint density at radius 1 is 1.00 bits per heavy atom. The summed E-state index contributed by atoms with van der Waals surface area (Å²) in [5.41, 5.74) is 2.88. The van der Waals surface area contributed by atoms with E-state index in [9.17, 15) is 14.0 Å². The number of urea groups is 1. The normalized spacial score (nSPS) is 20.8. The van der Waals surface area contributed by atoms with Crippen molar-refractivity contribution >= 4 is 41.1 Å². The summed E-state index contributed by atoms with van der Waals surface area (Å²) in [7, 11) is 0. The smallest absolute Gasteiger partial charge is 0.316 e. The van der Waals surface area contributed by atoms with Crippen molar-refractivity contribution in [3.63, 3.8) is 0 Å². The summed E-state index contributed by atoms with van der Waals surface area (Å²) >= 11 is 0. The maximum Gasteiger partial charge on any atom is 0.333 e. The predicted octanol–water partition coefficient (Wildman–Crippen LogP) is 3.69. The zero-order valence-electron chi connectivity index (χ0n) is 17.5. The third kappa shape index (κ3) is 4.16. The van der Waals surface area contributed by atoms with E-state index in [2.05, 4.69) is 25.9 Å². The van der Waals surface area contributed by atoms with Gasteiger partial charge in [-0.15, -0.1) is 4.59 Å². The van der Waals surface area contributed by atoms with Gasteiger partial charge in [0.05, 0.1) is 12.4 Å². The molecule has 0 saturated heterocycles. The van der Waals surface area contributed by atoms with E-state index < -0.39 is 17.8 Å². The number of nitrogens with zero attached hydrogens (tertiary/aromatic N) is 3. The number of amidine groups is 1. The van der Waals surface area contributed by atoms with Crippen LogP contribution in [0.5, 0.6) is 0 Å². The maximum absolute atomic E-state index is 13.2. The molecule has 33 heavy (non-hydrogen) atoms. The standard InChI is InChI=1S/C23H20FN7O2/c24-15-2-1-3-18(12-15)29-23(33)28-17-8-6-16(7-9-17)27-22(32)21-30-20(14-4-5-14)19-13-26-10-11-31(19,21)25/h1-3,6-14H,4-5,25H2,(H2-,26,27,28,29,30,32,33)/p+1. The third-order valence-corrected chi connectivity index (χ3v) is 5.47. The number of hydrogen-bond acceptors (Lipinski definition) is 5. The van der Waals surface area contributed by atoms with Gasteiger partial charge in [-0.1, -0.05) is 6.07 Å². The Labute approximate surface area is 188 Å². The number of amides is 3. The van der Waals surface area contributed by atoms with E-state index in [1.807, 2.05) is 0 Å². The third-order valence-electron chi connectivity index (χ3n) is 5.47. The zero-order chi connectivity index (χ0) is 23.0. The Bertz CT molecular complexity index is 1260. The van der Waals surface area contributed by atoms with Gasteiger partial charge in [0.15, 0.2) is 0 Å². The Morgan fingerprint density at radius 3 is 2.39 bits per heavy atom. The fourth-order valence-electron chi connectivity index (χ4n) is 3.69. The van der Waals surface area contributed by atoms with Gasteiger partial charge in [-0.3, -0.25) is 9.79 Å². The topological polar surface area (TPSA) is 121 Å². The minimum Gasteiger partial charge on any atom is -0.316 e. The molecular formula is C23H21FN7O2+. The Morgan fingerprint density at radius 2 is 1.70 bits per heavy atom. The molecule has 1 fully saturated rings. The summed E-state index contributed by atoms with van der Waals surface area (Å²) in [4.78, 5) is 33.8. The van der Waals surface area contributed by atoms with Crippen molar-refractivity contribution in [3.8, 4) is 0 Å². The molecule has 0 bridgehead atoms. The van der Waals surface area contributed by atoms with Crippen LogP contribution in [0.15, 0.2) is 82.3 Å². The molecule has 1 saturated carbocycles. The summed E-state index contributed by atoms with van der Waals surface area (Å²) in [6.07, 6.45) is 6.89. The van der Waals surface area contributed by atoms with Crippen LogP contribution in [0.2, 0.25) is 0 Å². The maximum atomic E-state index is 13.2. The van der Waals surface area contributed by atoms with Crippen LogP contribution in [0, 0.1) is 11.7 Å².